The van der Waals surface area contributed by atoms with Gasteiger partial charge in [-0.15, -0.1) is 0 Å². The van der Waals surface area contributed by atoms with Crippen LogP contribution in [0, 0.1) is 0 Å². The predicted molar refractivity (Wildman–Crippen MR) is 42.6 cm³/mol. The second kappa shape index (κ2) is 6.02. The molecule has 0 fully saturated rings. The van der Waals surface area contributed by atoms with Crippen LogP contribution in [0.25, 0.3) is 0 Å². The van der Waals surface area contributed by atoms with Gasteiger partial charge in [0, 0.05) is 6.42 Å². The molecule has 0 unspecified atom stereocenters. The molecule has 0 aromatic heterocycles. The molecular weight excluding hydrogens is 180 g/mol. The summed E-state index contributed by atoms with van der Waals surface area (Å²) in [5, 5.41) is 0. The van der Waals surface area contributed by atoms with Crippen LogP contribution in [-0.2, 0) is 4.79 Å². The van der Waals surface area contributed by atoms with E-state index in [-0.39, 0.29) is 5.78 Å². The standard InChI is InChI=1S/C7H11BrO/c1-2-3-4-7(9)5-6-8/h5-6H,2-4H2,1H3/b6-5-. The van der Waals surface area contributed by atoms with Crippen LogP contribution in [0.1, 0.15) is 26.2 Å². The Morgan fingerprint density at radius 1 is 1.67 bits per heavy atom. The number of hydrogen-bond donors (Lipinski definition) is 0. The third-order valence-electron chi connectivity index (χ3n) is 1.03. The van der Waals surface area contributed by atoms with Crippen LogP contribution in [0.3, 0.4) is 0 Å². The molecule has 0 aromatic carbocycles. The first kappa shape index (κ1) is 8.89. The van der Waals surface area contributed by atoms with Crippen LogP contribution in [0.4, 0.5) is 0 Å². The number of unbranched alkanes of at least 4 members (excludes halogenated alkanes) is 1. The molecular formula is C7H11BrO. The van der Waals surface area contributed by atoms with E-state index in [4.69, 9.17) is 0 Å². The van der Waals surface area contributed by atoms with Crippen molar-refractivity contribution in [2.24, 2.45) is 0 Å². The molecule has 0 saturated carbocycles. The number of hydrogen-bond acceptors (Lipinski definition) is 1. The molecule has 9 heavy (non-hydrogen) atoms. The fourth-order valence-corrected chi connectivity index (χ4v) is 0.799. The molecule has 0 aromatic rings. The summed E-state index contributed by atoms with van der Waals surface area (Å²) in [4.78, 5) is 12.3. The second-order valence-corrected chi connectivity index (χ2v) is 2.39. The molecule has 0 bridgehead atoms. The van der Waals surface area contributed by atoms with Crippen LogP contribution in [-0.4, -0.2) is 5.78 Å². The quantitative estimate of drug-likeness (QED) is 0.624. The highest BCUT2D eigenvalue weighted by molar-refractivity contribution is 9.11. The molecule has 0 aliphatic rings. The Bertz CT molecular complexity index is 107. The lowest BCUT2D eigenvalue weighted by molar-refractivity contribution is -0.114. The van der Waals surface area contributed by atoms with Crippen molar-refractivity contribution < 1.29 is 4.79 Å². The highest BCUT2D eigenvalue weighted by Crippen LogP contribution is 1.96. The van der Waals surface area contributed by atoms with Crippen molar-refractivity contribution >= 4 is 21.7 Å². The Morgan fingerprint density at radius 3 is 2.78 bits per heavy atom. The van der Waals surface area contributed by atoms with Crippen molar-refractivity contribution in [3.63, 3.8) is 0 Å². The molecule has 0 atom stereocenters. The first-order chi connectivity index (χ1) is 4.31. The van der Waals surface area contributed by atoms with Gasteiger partial charge in [-0.1, -0.05) is 29.3 Å². The number of ketones is 1. The van der Waals surface area contributed by atoms with Gasteiger partial charge >= 0.3 is 0 Å². The first-order valence-corrected chi connectivity index (χ1v) is 4.02. The van der Waals surface area contributed by atoms with Crippen molar-refractivity contribution in [2.75, 3.05) is 0 Å². The summed E-state index contributed by atoms with van der Waals surface area (Å²) in [7, 11) is 0. The largest absolute Gasteiger partial charge is 0.295 e. The van der Waals surface area contributed by atoms with E-state index in [1.165, 1.54) is 0 Å². The van der Waals surface area contributed by atoms with Gasteiger partial charge in [-0.25, -0.2) is 0 Å². The topological polar surface area (TPSA) is 17.1 Å². The van der Waals surface area contributed by atoms with Gasteiger partial charge in [0.1, 0.15) is 0 Å². The summed E-state index contributed by atoms with van der Waals surface area (Å²) in [5.74, 6) is 0.203. The summed E-state index contributed by atoms with van der Waals surface area (Å²) in [6.07, 6.45) is 4.31. The number of rotatable bonds is 4. The van der Waals surface area contributed by atoms with Gasteiger partial charge in [0.15, 0.2) is 5.78 Å². The molecule has 0 radical (unpaired) electrons. The van der Waals surface area contributed by atoms with E-state index in [1.54, 1.807) is 11.1 Å². The van der Waals surface area contributed by atoms with E-state index < -0.39 is 0 Å². The summed E-state index contributed by atoms with van der Waals surface area (Å²) < 4.78 is 0. The molecule has 2 heteroatoms. The van der Waals surface area contributed by atoms with E-state index in [2.05, 4.69) is 22.9 Å². The Kier molecular flexibility index (Phi) is 5.94. The zero-order chi connectivity index (χ0) is 7.11. The zero-order valence-corrected chi connectivity index (χ0v) is 7.15. The van der Waals surface area contributed by atoms with Crippen molar-refractivity contribution in [3.05, 3.63) is 11.1 Å². The van der Waals surface area contributed by atoms with Crippen molar-refractivity contribution in [1.29, 1.82) is 0 Å². The third-order valence-corrected chi connectivity index (χ3v) is 1.29. The summed E-state index contributed by atoms with van der Waals surface area (Å²) in [5.41, 5.74) is 0. The van der Waals surface area contributed by atoms with Crippen LogP contribution in [0.2, 0.25) is 0 Å². The number of halogens is 1. The first-order valence-electron chi connectivity index (χ1n) is 3.11. The molecule has 0 aliphatic carbocycles. The predicted octanol–water partition coefficient (Wildman–Crippen LogP) is 2.65. The van der Waals surface area contributed by atoms with E-state index in [0.717, 1.165) is 12.8 Å². The van der Waals surface area contributed by atoms with Gasteiger partial charge in [-0.2, -0.15) is 0 Å². The fraction of sp³-hybridized carbons (Fsp3) is 0.571. The van der Waals surface area contributed by atoms with Gasteiger partial charge in [0.05, 0.1) is 0 Å². The summed E-state index contributed by atoms with van der Waals surface area (Å²) >= 11 is 3.04. The Balaban J connectivity index is 3.27. The average Bonchev–Trinajstić information content (AvgIpc) is 1.85. The van der Waals surface area contributed by atoms with Crippen molar-refractivity contribution in [1.82, 2.24) is 0 Å². The van der Waals surface area contributed by atoms with Crippen LogP contribution < -0.4 is 0 Å². The van der Waals surface area contributed by atoms with Crippen molar-refractivity contribution in [2.45, 2.75) is 26.2 Å². The van der Waals surface area contributed by atoms with Gasteiger partial charge in [-0.3, -0.25) is 4.79 Å². The minimum atomic E-state index is 0.203. The van der Waals surface area contributed by atoms with Crippen molar-refractivity contribution in [3.8, 4) is 0 Å². The smallest absolute Gasteiger partial charge is 0.156 e. The molecule has 0 rings (SSSR count). The maximum absolute atomic E-state index is 10.7. The highest BCUT2D eigenvalue weighted by atomic mass is 79.9. The molecule has 0 aliphatic heterocycles. The zero-order valence-electron chi connectivity index (χ0n) is 5.56. The lowest BCUT2D eigenvalue weighted by Crippen LogP contribution is -1.89. The number of carbonyl (C=O) groups excluding carboxylic acids is 1. The van der Waals surface area contributed by atoms with Crippen LogP contribution >= 0.6 is 15.9 Å². The molecule has 0 saturated heterocycles. The Hall–Kier alpha value is -0.110. The molecule has 0 amide bonds. The van der Waals surface area contributed by atoms with Crippen LogP contribution in [0.5, 0.6) is 0 Å². The van der Waals surface area contributed by atoms with E-state index >= 15 is 0 Å². The van der Waals surface area contributed by atoms with E-state index in [0.29, 0.717) is 6.42 Å². The van der Waals surface area contributed by atoms with Gasteiger partial charge in [0.2, 0.25) is 0 Å². The highest BCUT2D eigenvalue weighted by Gasteiger charge is 1.92. The van der Waals surface area contributed by atoms with Gasteiger partial charge in [-0.05, 0) is 17.5 Å². The number of allylic oxidation sites excluding steroid dienone is 1. The monoisotopic (exact) mass is 190 g/mol. The lowest BCUT2D eigenvalue weighted by atomic mass is 10.2. The molecule has 0 heterocycles. The van der Waals surface area contributed by atoms with Gasteiger partial charge < -0.3 is 0 Å². The maximum Gasteiger partial charge on any atom is 0.156 e. The minimum Gasteiger partial charge on any atom is -0.295 e. The SMILES string of the molecule is CCCCC(=O)/C=C\Br. The van der Waals surface area contributed by atoms with Gasteiger partial charge in [0.25, 0.3) is 0 Å². The molecule has 0 spiro atoms. The second-order valence-electron chi connectivity index (χ2n) is 1.86. The minimum absolute atomic E-state index is 0.203. The average molecular weight is 191 g/mol. The van der Waals surface area contributed by atoms with E-state index in [1.807, 2.05) is 0 Å². The van der Waals surface area contributed by atoms with E-state index in [9.17, 15) is 4.79 Å². The summed E-state index contributed by atoms with van der Waals surface area (Å²) in [6.45, 7) is 2.07. The van der Waals surface area contributed by atoms with Crippen LogP contribution in [0.15, 0.2) is 11.1 Å². The Morgan fingerprint density at radius 2 is 2.33 bits per heavy atom. The third kappa shape index (κ3) is 5.77. The summed E-state index contributed by atoms with van der Waals surface area (Å²) in [6, 6.07) is 0. The molecule has 1 nitrogen and oxygen atoms in total. The molecule has 0 N–H and O–H groups in total. The fourth-order valence-electron chi connectivity index (χ4n) is 0.505. The Labute approximate surface area is 64.3 Å². The molecule has 52 valence electrons. The lowest BCUT2D eigenvalue weighted by Gasteiger charge is -1.88. The maximum atomic E-state index is 10.7. The normalized spacial score (nSPS) is 10.4. The number of carbonyl (C=O) groups is 1.